The highest BCUT2D eigenvalue weighted by atomic mass is 32.3. The maximum absolute atomic E-state index is 13.4. The first-order valence-electron chi connectivity index (χ1n) is 10.7. The average Bonchev–Trinajstić information content (AvgIpc) is 2.78. The summed E-state index contributed by atoms with van der Waals surface area (Å²) < 4.78 is 57.1. The van der Waals surface area contributed by atoms with Crippen LogP contribution in [0.4, 0.5) is 13.2 Å². The van der Waals surface area contributed by atoms with Crippen molar-refractivity contribution < 1.29 is 31.6 Å². The second kappa shape index (κ2) is 10.4. The predicted octanol–water partition coefficient (Wildman–Crippen LogP) is 7.56. The Morgan fingerprint density at radius 1 is 0.676 bits per heavy atom. The van der Waals surface area contributed by atoms with Gasteiger partial charge in [0.15, 0.2) is 0 Å². The van der Waals surface area contributed by atoms with Gasteiger partial charge in [-0.3, -0.25) is 0 Å². The predicted molar refractivity (Wildman–Crippen MR) is 125 cm³/mol. The number of carbonyl (C=O) groups is 1. The third kappa shape index (κ3) is 5.86. The molecule has 8 heteroatoms. The van der Waals surface area contributed by atoms with E-state index in [0.717, 1.165) is 0 Å². The van der Waals surface area contributed by atoms with Crippen LogP contribution in [0.15, 0.2) is 93.5 Å². The van der Waals surface area contributed by atoms with Crippen LogP contribution in [-0.2, 0) is 8.98 Å². The monoisotopic (exact) mass is 492 g/mol. The SMILES string of the molecule is CC(C)Oc1ccc(S(OC(=O)C(F)(F)F)(c2ccccc2)c2ccc(OC(C)C)cc2)cc1. The second-order valence-electron chi connectivity index (χ2n) is 8.01. The van der Waals surface area contributed by atoms with Crippen LogP contribution in [-0.4, -0.2) is 24.4 Å². The number of halogens is 3. The second-order valence-corrected chi connectivity index (χ2v) is 10.7. The molecule has 0 aliphatic heterocycles. The maximum atomic E-state index is 13.4. The number of rotatable bonds is 8. The third-order valence-corrected chi connectivity index (χ3v) is 7.77. The lowest BCUT2D eigenvalue weighted by Gasteiger charge is -2.40. The summed E-state index contributed by atoms with van der Waals surface area (Å²) in [5.41, 5.74) is 0. The number of hydrogen-bond acceptors (Lipinski definition) is 4. The third-order valence-electron chi connectivity index (χ3n) is 4.56. The van der Waals surface area contributed by atoms with Gasteiger partial charge in [-0.2, -0.15) is 13.2 Å². The zero-order chi connectivity index (χ0) is 24.9. The van der Waals surface area contributed by atoms with Crippen molar-refractivity contribution >= 4 is 16.3 Å². The smallest absolute Gasteiger partial charge is 0.491 e. The molecule has 0 N–H and O–H groups in total. The summed E-state index contributed by atoms with van der Waals surface area (Å²) in [6, 6.07) is 21.7. The van der Waals surface area contributed by atoms with Gasteiger partial charge in [0.1, 0.15) is 11.5 Å². The largest absolute Gasteiger partial charge is 0.491 e. The van der Waals surface area contributed by atoms with E-state index in [2.05, 4.69) is 0 Å². The lowest BCUT2D eigenvalue weighted by molar-refractivity contribution is -0.188. The summed E-state index contributed by atoms with van der Waals surface area (Å²) in [6.45, 7) is 7.50. The minimum absolute atomic E-state index is 0.0753. The van der Waals surface area contributed by atoms with Gasteiger partial charge in [0.05, 0.1) is 12.2 Å². The quantitative estimate of drug-likeness (QED) is 0.325. The molecule has 0 spiro atoms. The van der Waals surface area contributed by atoms with Crippen LogP contribution < -0.4 is 9.47 Å². The molecular formula is C26H27F3O4S. The number of hydrogen-bond donors (Lipinski definition) is 0. The van der Waals surface area contributed by atoms with E-state index < -0.39 is 22.5 Å². The van der Waals surface area contributed by atoms with Crippen molar-refractivity contribution in [1.82, 2.24) is 0 Å². The van der Waals surface area contributed by atoms with Gasteiger partial charge in [-0.25, -0.2) is 4.79 Å². The maximum Gasteiger partial charge on any atom is 0.491 e. The molecule has 3 rings (SSSR count). The molecule has 0 unspecified atom stereocenters. The van der Waals surface area contributed by atoms with Crippen LogP contribution in [0.3, 0.4) is 0 Å². The van der Waals surface area contributed by atoms with Crippen LogP contribution in [0, 0.1) is 0 Å². The van der Waals surface area contributed by atoms with E-state index in [0.29, 0.717) is 26.2 Å². The molecule has 4 nitrogen and oxygen atoms in total. The molecule has 0 heterocycles. The molecule has 0 bridgehead atoms. The first kappa shape index (κ1) is 25.5. The normalized spacial score (nSPS) is 12.5. The molecule has 0 atom stereocenters. The highest BCUT2D eigenvalue weighted by Crippen LogP contribution is 2.69. The summed E-state index contributed by atoms with van der Waals surface area (Å²) >= 11 is 0. The molecular weight excluding hydrogens is 465 g/mol. The van der Waals surface area contributed by atoms with E-state index >= 15 is 0 Å². The Bertz CT molecular complexity index is 1030. The van der Waals surface area contributed by atoms with Gasteiger partial charge < -0.3 is 13.7 Å². The standard InChI is InChI=1S/C26H27F3O4S/c1-18(2)31-20-10-14-23(15-11-20)34(22-8-6-5-7-9-22,33-25(30)26(27,28)29)24-16-12-21(13-17-24)32-19(3)4/h5-19H,1-4H3. The number of carbonyl (C=O) groups excluding carboxylic acids is 1. The van der Waals surface area contributed by atoms with Gasteiger partial charge in [0.2, 0.25) is 0 Å². The van der Waals surface area contributed by atoms with Crippen LogP contribution >= 0.6 is 10.3 Å². The summed E-state index contributed by atoms with van der Waals surface area (Å²) in [5, 5.41) is 0. The molecule has 0 fully saturated rings. The molecule has 3 aromatic carbocycles. The van der Waals surface area contributed by atoms with Crippen molar-refractivity contribution in [2.45, 2.75) is 60.8 Å². The molecule has 34 heavy (non-hydrogen) atoms. The molecule has 3 aromatic rings. The molecule has 0 saturated heterocycles. The highest BCUT2D eigenvalue weighted by molar-refractivity contribution is 8.30. The van der Waals surface area contributed by atoms with Crippen molar-refractivity contribution in [1.29, 1.82) is 0 Å². The molecule has 0 aliphatic carbocycles. The van der Waals surface area contributed by atoms with E-state index in [-0.39, 0.29) is 12.2 Å². The fraction of sp³-hybridized carbons (Fsp3) is 0.269. The minimum atomic E-state index is -5.16. The Kier molecular flexibility index (Phi) is 7.82. The van der Waals surface area contributed by atoms with E-state index in [1.54, 1.807) is 78.9 Å². The first-order valence-corrected chi connectivity index (χ1v) is 12.3. The van der Waals surface area contributed by atoms with Crippen molar-refractivity contribution in [2.75, 3.05) is 0 Å². The van der Waals surface area contributed by atoms with Crippen LogP contribution in [0.2, 0.25) is 0 Å². The lowest BCUT2D eigenvalue weighted by atomic mass is 10.3. The van der Waals surface area contributed by atoms with Gasteiger partial charge >= 0.3 is 12.1 Å². The Hall–Kier alpha value is -3.13. The van der Waals surface area contributed by atoms with Crippen molar-refractivity contribution in [3.05, 3.63) is 78.9 Å². The van der Waals surface area contributed by atoms with E-state index in [9.17, 15) is 18.0 Å². The Morgan fingerprint density at radius 2 is 1.06 bits per heavy atom. The highest BCUT2D eigenvalue weighted by Gasteiger charge is 2.47. The van der Waals surface area contributed by atoms with E-state index in [1.165, 1.54) is 0 Å². The fourth-order valence-corrected chi connectivity index (χ4v) is 6.30. The zero-order valence-corrected chi connectivity index (χ0v) is 20.2. The summed E-state index contributed by atoms with van der Waals surface area (Å²) in [5.74, 6) is -1.14. The molecule has 0 radical (unpaired) electrons. The van der Waals surface area contributed by atoms with Gasteiger partial charge in [-0.05, 0) is 98.7 Å². The lowest BCUT2D eigenvalue weighted by Crippen LogP contribution is -2.27. The number of benzene rings is 3. The molecule has 0 aliphatic rings. The Labute approximate surface area is 199 Å². The number of ether oxygens (including phenoxy) is 2. The van der Waals surface area contributed by atoms with Crippen molar-refractivity contribution in [3.8, 4) is 11.5 Å². The van der Waals surface area contributed by atoms with Crippen LogP contribution in [0.1, 0.15) is 27.7 Å². The van der Waals surface area contributed by atoms with E-state index in [1.807, 2.05) is 27.7 Å². The summed E-state index contributed by atoms with van der Waals surface area (Å²) in [6.07, 6.45) is -5.31. The molecule has 0 aromatic heterocycles. The summed E-state index contributed by atoms with van der Waals surface area (Å²) in [4.78, 5) is 13.5. The first-order chi connectivity index (χ1) is 16.0. The summed E-state index contributed by atoms with van der Waals surface area (Å²) in [7, 11) is -3.09. The van der Waals surface area contributed by atoms with Gasteiger partial charge in [0, 0.05) is 14.7 Å². The Balaban J connectivity index is 2.23. The zero-order valence-electron chi connectivity index (χ0n) is 19.3. The topological polar surface area (TPSA) is 44.8 Å². The van der Waals surface area contributed by atoms with Crippen LogP contribution in [0.5, 0.6) is 11.5 Å². The van der Waals surface area contributed by atoms with Crippen LogP contribution in [0.25, 0.3) is 0 Å². The number of alkyl halides is 3. The van der Waals surface area contributed by atoms with Crippen molar-refractivity contribution in [3.63, 3.8) is 0 Å². The fourth-order valence-electron chi connectivity index (χ4n) is 3.29. The van der Waals surface area contributed by atoms with E-state index in [4.69, 9.17) is 13.7 Å². The molecule has 182 valence electrons. The molecule has 0 amide bonds. The molecule has 0 saturated carbocycles. The minimum Gasteiger partial charge on any atom is -0.491 e. The van der Waals surface area contributed by atoms with Gasteiger partial charge in [0.25, 0.3) is 0 Å². The van der Waals surface area contributed by atoms with Gasteiger partial charge in [-0.15, -0.1) is 0 Å². The van der Waals surface area contributed by atoms with Gasteiger partial charge in [-0.1, -0.05) is 18.2 Å². The Morgan fingerprint density at radius 3 is 1.41 bits per heavy atom. The average molecular weight is 493 g/mol. The van der Waals surface area contributed by atoms with Crippen molar-refractivity contribution in [2.24, 2.45) is 0 Å².